The molecule has 1 amide bonds. The van der Waals surface area contributed by atoms with Crippen LogP contribution < -0.4 is 5.32 Å². The molecule has 1 N–H and O–H groups in total. The third-order valence-electron chi connectivity index (χ3n) is 5.35. The summed E-state index contributed by atoms with van der Waals surface area (Å²) in [6.45, 7) is 4.68. The van der Waals surface area contributed by atoms with Crippen LogP contribution in [-0.4, -0.2) is 33.4 Å². The van der Waals surface area contributed by atoms with Crippen LogP contribution in [0.1, 0.15) is 42.2 Å². The number of hydrogen-bond acceptors (Lipinski definition) is 4. The number of fused-ring (bicyclic) bond motifs is 1. The SMILES string of the molecule is Cc1ccc2c(Nc3ccc(Cl)c(F)c3)c(C(=O)N3CCCC[C@H]3C)cnc2n1. The average Bonchev–Trinajstić information content (AvgIpc) is 2.70. The Morgan fingerprint density at radius 1 is 1.28 bits per heavy atom. The van der Waals surface area contributed by atoms with Gasteiger partial charge in [-0.05, 0) is 63.4 Å². The Bertz CT molecular complexity index is 1090. The zero-order chi connectivity index (χ0) is 20.5. The van der Waals surface area contributed by atoms with E-state index in [2.05, 4.69) is 22.2 Å². The summed E-state index contributed by atoms with van der Waals surface area (Å²) in [7, 11) is 0. The Morgan fingerprint density at radius 3 is 2.86 bits per heavy atom. The number of carbonyl (C=O) groups is 1. The summed E-state index contributed by atoms with van der Waals surface area (Å²) >= 11 is 5.81. The second kappa shape index (κ2) is 7.95. The van der Waals surface area contributed by atoms with Crippen LogP contribution >= 0.6 is 11.6 Å². The number of halogens is 2. The van der Waals surface area contributed by atoms with Crippen LogP contribution in [-0.2, 0) is 0 Å². The molecule has 2 aromatic heterocycles. The lowest BCUT2D eigenvalue weighted by atomic mass is 10.0. The van der Waals surface area contributed by atoms with Crippen LogP contribution in [0.2, 0.25) is 5.02 Å². The first-order chi connectivity index (χ1) is 13.9. The maximum Gasteiger partial charge on any atom is 0.257 e. The molecule has 4 rings (SSSR count). The Morgan fingerprint density at radius 2 is 2.10 bits per heavy atom. The monoisotopic (exact) mass is 412 g/mol. The minimum absolute atomic E-state index is 0.0471. The number of nitrogens with one attached hydrogen (secondary N) is 1. The van der Waals surface area contributed by atoms with Crippen LogP contribution in [0.25, 0.3) is 11.0 Å². The van der Waals surface area contributed by atoms with Gasteiger partial charge in [-0.3, -0.25) is 4.79 Å². The predicted molar refractivity (Wildman–Crippen MR) is 113 cm³/mol. The normalized spacial score (nSPS) is 16.8. The van der Waals surface area contributed by atoms with Gasteiger partial charge in [-0.25, -0.2) is 14.4 Å². The van der Waals surface area contributed by atoms with E-state index < -0.39 is 5.82 Å². The van der Waals surface area contributed by atoms with Gasteiger partial charge in [-0.2, -0.15) is 0 Å². The van der Waals surface area contributed by atoms with Gasteiger partial charge in [-0.1, -0.05) is 11.6 Å². The van der Waals surface area contributed by atoms with Crippen molar-refractivity contribution in [1.29, 1.82) is 0 Å². The fraction of sp³-hybridized carbons (Fsp3) is 0.318. The molecule has 0 radical (unpaired) electrons. The zero-order valence-electron chi connectivity index (χ0n) is 16.4. The van der Waals surface area contributed by atoms with Crippen LogP contribution in [0.4, 0.5) is 15.8 Å². The Kier molecular flexibility index (Phi) is 5.37. The lowest BCUT2D eigenvalue weighted by Gasteiger charge is -2.34. The number of rotatable bonds is 3. The molecule has 1 aromatic carbocycles. The number of carbonyl (C=O) groups excluding carboxylic acids is 1. The molecule has 0 bridgehead atoms. The van der Waals surface area contributed by atoms with E-state index in [1.807, 2.05) is 24.0 Å². The minimum atomic E-state index is -0.526. The maximum atomic E-state index is 14.0. The highest BCUT2D eigenvalue weighted by molar-refractivity contribution is 6.30. The molecule has 0 unspecified atom stereocenters. The van der Waals surface area contributed by atoms with E-state index in [4.69, 9.17) is 11.6 Å². The van der Waals surface area contributed by atoms with Gasteiger partial charge in [0.15, 0.2) is 5.65 Å². The topological polar surface area (TPSA) is 58.1 Å². The number of aromatic nitrogens is 2. The summed E-state index contributed by atoms with van der Waals surface area (Å²) in [4.78, 5) is 24.2. The van der Waals surface area contributed by atoms with E-state index in [-0.39, 0.29) is 17.0 Å². The summed E-state index contributed by atoms with van der Waals surface area (Å²) in [6.07, 6.45) is 4.66. The molecular formula is C22H22ClFN4O. The van der Waals surface area contributed by atoms with Crippen LogP contribution in [0.15, 0.2) is 36.5 Å². The number of hydrogen-bond donors (Lipinski definition) is 1. The quantitative estimate of drug-likeness (QED) is 0.618. The first-order valence-electron chi connectivity index (χ1n) is 9.73. The van der Waals surface area contributed by atoms with E-state index in [0.717, 1.165) is 31.5 Å². The molecule has 0 aliphatic carbocycles. The summed E-state index contributed by atoms with van der Waals surface area (Å²) in [5, 5.41) is 3.97. The van der Waals surface area contributed by atoms with Crippen molar-refractivity contribution in [3.63, 3.8) is 0 Å². The van der Waals surface area contributed by atoms with Crippen LogP contribution in [0, 0.1) is 12.7 Å². The number of pyridine rings is 2. The van der Waals surface area contributed by atoms with E-state index in [9.17, 15) is 9.18 Å². The number of piperidine rings is 1. The van der Waals surface area contributed by atoms with E-state index in [0.29, 0.717) is 28.0 Å². The third-order valence-corrected chi connectivity index (χ3v) is 5.66. The molecule has 1 aliphatic heterocycles. The standard InChI is InChI=1S/C22H22ClFN4O/c1-13-6-8-16-20(27-15-7-9-18(23)19(24)11-15)17(12-25-21(16)26-13)22(29)28-10-4-3-5-14(28)2/h6-9,11-12,14H,3-5,10H2,1-2H3,(H,25,26,27)/t14-/m1/s1. The van der Waals surface area contributed by atoms with Crippen molar-refractivity contribution in [2.75, 3.05) is 11.9 Å². The summed E-state index contributed by atoms with van der Waals surface area (Å²) in [5.74, 6) is -0.606. The highest BCUT2D eigenvalue weighted by Gasteiger charge is 2.27. The van der Waals surface area contributed by atoms with Crippen LogP contribution in [0.5, 0.6) is 0 Å². The highest BCUT2D eigenvalue weighted by atomic mass is 35.5. The molecule has 1 aliphatic rings. The molecule has 7 heteroatoms. The third kappa shape index (κ3) is 3.90. The van der Waals surface area contributed by atoms with Crippen molar-refractivity contribution in [1.82, 2.24) is 14.9 Å². The Hall–Kier alpha value is -2.73. The highest BCUT2D eigenvalue weighted by Crippen LogP contribution is 2.32. The molecule has 1 atom stereocenters. The van der Waals surface area contributed by atoms with Crippen molar-refractivity contribution in [2.45, 2.75) is 39.2 Å². The molecule has 1 saturated heterocycles. The van der Waals surface area contributed by atoms with Gasteiger partial charge in [0.1, 0.15) is 5.82 Å². The van der Waals surface area contributed by atoms with E-state index >= 15 is 0 Å². The van der Waals surface area contributed by atoms with Crippen molar-refractivity contribution in [2.24, 2.45) is 0 Å². The van der Waals surface area contributed by atoms with E-state index in [1.54, 1.807) is 12.3 Å². The molecule has 29 heavy (non-hydrogen) atoms. The summed E-state index contributed by atoms with van der Waals surface area (Å²) < 4.78 is 14.0. The van der Waals surface area contributed by atoms with Crippen molar-refractivity contribution in [3.05, 3.63) is 58.6 Å². The van der Waals surface area contributed by atoms with Crippen molar-refractivity contribution >= 4 is 39.9 Å². The molecule has 0 saturated carbocycles. The summed E-state index contributed by atoms with van der Waals surface area (Å²) in [5.41, 5.74) is 2.89. The first kappa shape index (κ1) is 19.6. The number of anilines is 2. The van der Waals surface area contributed by atoms with Gasteiger partial charge in [0.25, 0.3) is 5.91 Å². The van der Waals surface area contributed by atoms with Gasteiger partial charge < -0.3 is 10.2 Å². The van der Waals surface area contributed by atoms with E-state index in [1.165, 1.54) is 12.1 Å². The molecule has 3 aromatic rings. The fourth-order valence-electron chi connectivity index (χ4n) is 3.74. The average molecular weight is 413 g/mol. The second-order valence-corrected chi connectivity index (χ2v) is 7.88. The Labute approximate surface area is 173 Å². The number of benzene rings is 1. The molecule has 3 heterocycles. The molecule has 1 fully saturated rings. The lowest BCUT2D eigenvalue weighted by Crippen LogP contribution is -2.42. The van der Waals surface area contributed by atoms with Gasteiger partial charge in [0.05, 0.1) is 16.3 Å². The zero-order valence-corrected chi connectivity index (χ0v) is 17.1. The van der Waals surface area contributed by atoms with Crippen molar-refractivity contribution in [3.8, 4) is 0 Å². The molecule has 0 spiro atoms. The maximum absolute atomic E-state index is 14.0. The molecule has 150 valence electrons. The number of amides is 1. The minimum Gasteiger partial charge on any atom is -0.354 e. The number of nitrogens with zero attached hydrogens (tertiary/aromatic N) is 3. The number of likely N-dealkylation sites (tertiary alicyclic amines) is 1. The Balaban J connectivity index is 1.82. The van der Waals surface area contributed by atoms with Crippen molar-refractivity contribution < 1.29 is 9.18 Å². The fourth-order valence-corrected chi connectivity index (χ4v) is 3.86. The van der Waals surface area contributed by atoms with Gasteiger partial charge >= 0.3 is 0 Å². The summed E-state index contributed by atoms with van der Waals surface area (Å²) in [6, 6.07) is 8.40. The van der Waals surface area contributed by atoms with Gasteiger partial charge in [-0.15, -0.1) is 0 Å². The van der Waals surface area contributed by atoms with Crippen LogP contribution in [0.3, 0.4) is 0 Å². The van der Waals surface area contributed by atoms with Gasteiger partial charge in [0, 0.05) is 35.6 Å². The first-order valence-corrected chi connectivity index (χ1v) is 10.1. The second-order valence-electron chi connectivity index (χ2n) is 7.47. The largest absolute Gasteiger partial charge is 0.354 e. The predicted octanol–water partition coefficient (Wildman–Crippen LogP) is 5.49. The van der Waals surface area contributed by atoms with Gasteiger partial charge in [0.2, 0.25) is 0 Å². The molecular weight excluding hydrogens is 391 g/mol. The lowest BCUT2D eigenvalue weighted by molar-refractivity contribution is 0.0636. The number of aryl methyl sites for hydroxylation is 1. The smallest absolute Gasteiger partial charge is 0.257 e. The molecule has 5 nitrogen and oxygen atoms in total.